The first kappa shape index (κ1) is 13.7. The van der Waals surface area contributed by atoms with Gasteiger partial charge in [-0.05, 0) is 46.1 Å². The third-order valence-electron chi connectivity index (χ3n) is 2.28. The number of alkyl halides is 1. The second kappa shape index (κ2) is 5.94. The third kappa shape index (κ3) is 3.62. The number of benzene rings is 1. The van der Waals surface area contributed by atoms with Crippen LogP contribution >= 0.6 is 62.1 Å². The first-order valence-electron chi connectivity index (χ1n) is 4.89. The lowest BCUT2D eigenvalue weighted by molar-refractivity contribution is 0.940. The minimum atomic E-state index is -0.0812. The molecule has 0 saturated carbocycles. The van der Waals surface area contributed by atoms with Crippen molar-refractivity contribution >= 4 is 62.1 Å². The van der Waals surface area contributed by atoms with E-state index in [1.807, 2.05) is 30.3 Å². The Morgan fingerprint density at radius 2 is 2.00 bits per heavy atom. The van der Waals surface area contributed by atoms with Crippen LogP contribution in [0.25, 0.3) is 0 Å². The number of hydrogen-bond acceptors (Lipinski definition) is 1. The summed E-state index contributed by atoms with van der Waals surface area (Å²) in [5.74, 6) is 0. The Morgan fingerprint density at radius 1 is 1.24 bits per heavy atom. The van der Waals surface area contributed by atoms with E-state index in [9.17, 15) is 0 Å². The van der Waals surface area contributed by atoms with Crippen LogP contribution in [0.15, 0.2) is 34.8 Å². The van der Waals surface area contributed by atoms with Crippen LogP contribution in [-0.4, -0.2) is 0 Å². The molecular weight excluding hydrogens is 362 g/mol. The molecule has 1 unspecified atom stereocenters. The average molecular weight is 371 g/mol. The molecule has 0 amide bonds. The quantitative estimate of drug-likeness (QED) is 0.553. The van der Waals surface area contributed by atoms with E-state index < -0.39 is 0 Å². The molecule has 17 heavy (non-hydrogen) atoms. The second-order valence-corrected chi connectivity index (χ2v) is 7.08. The van der Waals surface area contributed by atoms with Crippen LogP contribution in [0.2, 0.25) is 9.36 Å². The molecule has 1 aromatic carbocycles. The second-order valence-electron chi connectivity index (χ2n) is 3.57. The van der Waals surface area contributed by atoms with Crippen LogP contribution in [0.5, 0.6) is 0 Å². The minimum absolute atomic E-state index is 0.0812. The zero-order chi connectivity index (χ0) is 12.4. The topological polar surface area (TPSA) is 0 Å². The van der Waals surface area contributed by atoms with Gasteiger partial charge in [0.15, 0.2) is 0 Å². The largest absolute Gasteiger partial charge is 0.126 e. The van der Waals surface area contributed by atoms with E-state index in [0.29, 0.717) is 0 Å². The Balaban J connectivity index is 2.14. The summed E-state index contributed by atoms with van der Waals surface area (Å²) in [6.45, 7) is 0. The van der Waals surface area contributed by atoms with Gasteiger partial charge in [0.1, 0.15) is 4.34 Å². The van der Waals surface area contributed by atoms with E-state index >= 15 is 0 Å². The van der Waals surface area contributed by atoms with E-state index in [-0.39, 0.29) is 5.38 Å². The average Bonchev–Trinajstić information content (AvgIpc) is 2.59. The minimum Gasteiger partial charge on any atom is -0.126 e. The predicted molar refractivity (Wildman–Crippen MR) is 80.8 cm³/mol. The van der Waals surface area contributed by atoms with Crippen LogP contribution in [0, 0.1) is 0 Å². The summed E-state index contributed by atoms with van der Waals surface area (Å²) in [5.41, 5.74) is 1.12. The first-order valence-corrected chi connectivity index (χ1v) is 7.69. The van der Waals surface area contributed by atoms with Gasteiger partial charge in [-0.15, -0.1) is 22.9 Å². The maximum atomic E-state index is 6.37. The molecule has 1 heterocycles. The van der Waals surface area contributed by atoms with Gasteiger partial charge < -0.3 is 0 Å². The number of rotatable bonds is 3. The van der Waals surface area contributed by atoms with Gasteiger partial charge in [-0.25, -0.2) is 0 Å². The van der Waals surface area contributed by atoms with Crippen LogP contribution in [0.4, 0.5) is 0 Å². The zero-order valence-corrected chi connectivity index (χ0v) is 13.3. The molecule has 90 valence electrons. The van der Waals surface area contributed by atoms with Crippen LogP contribution < -0.4 is 0 Å². The van der Waals surface area contributed by atoms with Crippen LogP contribution in [0.1, 0.15) is 15.8 Å². The van der Waals surface area contributed by atoms with Crippen molar-refractivity contribution in [3.05, 3.63) is 54.6 Å². The Kier molecular flexibility index (Phi) is 4.79. The fourth-order valence-corrected chi connectivity index (χ4v) is 3.79. The zero-order valence-electron chi connectivity index (χ0n) is 8.59. The van der Waals surface area contributed by atoms with Crippen molar-refractivity contribution < 1.29 is 0 Å². The third-order valence-corrected chi connectivity index (χ3v) is 5.62. The molecule has 0 radical (unpaired) electrons. The molecule has 1 atom stereocenters. The molecule has 0 N–H and O–H groups in total. The standard InChI is InChI=1S/C12H8BrCl3S/c13-9-6-11(17-12(9)16)10(15)5-7-2-1-3-8(14)4-7/h1-4,6,10H,5H2. The summed E-state index contributed by atoms with van der Waals surface area (Å²) < 4.78 is 1.63. The van der Waals surface area contributed by atoms with Crippen molar-refractivity contribution in [1.82, 2.24) is 0 Å². The summed E-state index contributed by atoms with van der Waals surface area (Å²) in [6.07, 6.45) is 0.741. The molecular formula is C12H8BrCl3S. The van der Waals surface area contributed by atoms with Gasteiger partial charge >= 0.3 is 0 Å². The molecule has 0 spiro atoms. The van der Waals surface area contributed by atoms with Gasteiger partial charge in [0.2, 0.25) is 0 Å². The van der Waals surface area contributed by atoms with Gasteiger partial charge in [-0.3, -0.25) is 0 Å². The lowest BCUT2D eigenvalue weighted by Crippen LogP contribution is -1.93. The van der Waals surface area contributed by atoms with Gasteiger partial charge in [0, 0.05) is 14.4 Å². The van der Waals surface area contributed by atoms with Gasteiger partial charge in [-0.1, -0.05) is 35.3 Å². The Morgan fingerprint density at radius 3 is 2.59 bits per heavy atom. The molecule has 0 aliphatic carbocycles. The molecule has 5 heteroatoms. The number of halogens is 4. The normalized spacial score (nSPS) is 12.7. The summed E-state index contributed by atoms with van der Waals surface area (Å²) in [5, 5.41) is 0.652. The lowest BCUT2D eigenvalue weighted by Gasteiger charge is -2.07. The summed E-state index contributed by atoms with van der Waals surface area (Å²) in [6, 6.07) is 9.70. The van der Waals surface area contributed by atoms with Crippen molar-refractivity contribution in [2.75, 3.05) is 0 Å². The van der Waals surface area contributed by atoms with Gasteiger partial charge in [-0.2, -0.15) is 0 Å². The van der Waals surface area contributed by atoms with E-state index in [1.54, 1.807) is 0 Å². The van der Waals surface area contributed by atoms with Crippen molar-refractivity contribution in [2.45, 2.75) is 11.8 Å². The summed E-state index contributed by atoms with van der Waals surface area (Å²) in [7, 11) is 0. The molecule has 0 aliphatic heterocycles. The molecule has 2 rings (SSSR count). The van der Waals surface area contributed by atoms with Gasteiger partial charge in [0.05, 0.1) is 5.38 Å². The Bertz CT molecular complexity index is 505. The first-order chi connectivity index (χ1) is 8.06. The molecule has 2 aromatic rings. The smallest absolute Gasteiger partial charge is 0.107 e. The van der Waals surface area contributed by atoms with Crippen LogP contribution in [-0.2, 0) is 6.42 Å². The lowest BCUT2D eigenvalue weighted by atomic mass is 10.1. The highest BCUT2D eigenvalue weighted by atomic mass is 79.9. The Labute approximate surface area is 128 Å². The molecule has 0 bridgehead atoms. The van der Waals surface area contributed by atoms with Crippen molar-refractivity contribution in [3.63, 3.8) is 0 Å². The molecule has 0 aliphatic rings. The highest BCUT2D eigenvalue weighted by molar-refractivity contribution is 9.10. The van der Waals surface area contributed by atoms with Crippen molar-refractivity contribution in [1.29, 1.82) is 0 Å². The molecule has 0 saturated heterocycles. The highest BCUT2D eigenvalue weighted by Gasteiger charge is 2.14. The monoisotopic (exact) mass is 368 g/mol. The molecule has 1 aromatic heterocycles. The highest BCUT2D eigenvalue weighted by Crippen LogP contribution is 2.38. The summed E-state index contributed by atoms with van der Waals surface area (Å²) >= 11 is 23.2. The van der Waals surface area contributed by atoms with E-state index in [1.165, 1.54) is 11.3 Å². The van der Waals surface area contributed by atoms with Gasteiger partial charge in [0.25, 0.3) is 0 Å². The Hall–Kier alpha value is 0.270. The van der Waals surface area contributed by atoms with Crippen LogP contribution in [0.3, 0.4) is 0 Å². The molecule has 0 fully saturated rings. The van der Waals surface area contributed by atoms with E-state index in [2.05, 4.69) is 15.9 Å². The van der Waals surface area contributed by atoms with E-state index in [0.717, 1.165) is 30.7 Å². The number of thiophene rings is 1. The number of hydrogen-bond donors (Lipinski definition) is 0. The fourth-order valence-electron chi connectivity index (χ4n) is 1.49. The maximum Gasteiger partial charge on any atom is 0.107 e. The van der Waals surface area contributed by atoms with E-state index in [4.69, 9.17) is 34.8 Å². The summed E-state index contributed by atoms with van der Waals surface area (Å²) in [4.78, 5) is 1.06. The SMILES string of the molecule is Clc1cccc(CC(Cl)c2cc(Br)c(Cl)s2)c1. The fraction of sp³-hybridized carbons (Fsp3) is 0.167. The van der Waals surface area contributed by atoms with Crippen molar-refractivity contribution in [3.8, 4) is 0 Å². The maximum absolute atomic E-state index is 6.37. The van der Waals surface area contributed by atoms with Crippen molar-refractivity contribution in [2.24, 2.45) is 0 Å². The predicted octanol–water partition coefficient (Wildman–Crippen LogP) is 6.34. The molecule has 0 nitrogen and oxygen atoms in total.